The number of hydrogen-bond acceptors (Lipinski definition) is 4. The van der Waals surface area contributed by atoms with Crippen LogP contribution < -0.4 is 4.74 Å². The Kier molecular flexibility index (Phi) is 4.26. The number of alkyl halides is 3. The smallest absolute Gasteiger partial charge is 0.434 e. The van der Waals surface area contributed by atoms with E-state index < -0.39 is 23.2 Å². The SMILES string of the molecule is CC(=O)c1ccc(Oc2ccc(Br)nc2)nc1C(F)(F)F. The maximum atomic E-state index is 12.9. The van der Waals surface area contributed by atoms with E-state index in [0.29, 0.717) is 4.60 Å². The number of aromatic nitrogens is 2. The van der Waals surface area contributed by atoms with E-state index in [4.69, 9.17) is 4.74 Å². The maximum Gasteiger partial charge on any atom is 0.434 e. The summed E-state index contributed by atoms with van der Waals surface area (Å²) >= 11 is 3.13. The number of carbonyl (C=O) groups excluding carboxylic acids is 1. The van der Waals surface area contributed by atoms with Crippen molar-refractivity contribution in [1.29, 1.82) is 0 Å². The van der Waals surface area contributed by atoms with Gasteiger partial charge in [0.15, 0.2) is 11.5 Å². The average molecular weight is 361 g/mol. The number of Topliss-reactive ketones (excluding diaryl/α,β-unsaturated/α-hetero) is 1. The van der Waals surface area contributed by atoms with E-state index in [1.165, 1.54) is 18.3 Å². The summed E-state index contributed by atoms with van der Waals surface area (Å²) in [5.74, 6) is -0.752. The summed E-state index contributed by atoms with van der Waals surface area (Å²) in [6.07, 6.45) is -3.41. The van der Waals surface area contributed by atoms with Crippen LogP contribution in [0.15, 0.2) is 35.1 Å². The predicted molar refractivity (Wildman–Crippen MR) is 71.3 cm³/mol. The lowest BCUT2D eigenvalue weighted by molar-refractivity contribution is -0.141. The van der Waals surface area contributed by atoms with Crippen LogP contribution in [-0.2, 0) is 6.18 Å². The lowest BCUT2D eigenvalue weighted by atomic mass is 10.1. The molecule has 0 fully saturated rings. The van der Waals surface area contributed by atoms with Crippen molar-refractivity contribution in [3.63, 3.8) is 0 Å². The Hall–Kier alpha value is -1.96. The zero-order chi connectivity index (χ0) is 15.6. The molecule has 0 aliphatic rings. The lowest BCUT2D eigenvalue weighted by Gasteiger charge is -2.12. The van der Waals surface area contributed by atoms with Crippen LogP contribution in [0.1, 0.15) is 23.0 Å². The Morgan fingerprint density at radius 3 is 2.48 bits per heavy atom. The van der Waals surface area contributed by atoms with Gasteiger partial charge in [-0.05, 0) is 41.1 Å². The molecule has 2 heterocycles. The molecule has 0 aliphatic carbocycles. The van der Waals surface area contributed by atoms with Crippen LogP contribution in [0.2, 0.25) is 0 Å². The van der Waals surface area contributed by atoms with Gasteiger partial charge in [-0.25, -0.2) is 9.97 Å². The van der Waals surface area contributed by atoms with Gasteiger partial charge in [-0.2, -0.15) is 13.2 Å². The van der Waals surface area contributed by atoms with Crippen molar-refractivity contribution in [2.75, 3.05) is 0 Å². The Balaban J connectivity index is 2.38. The second kappa shape index (κ2) is 5.80. The summed E-state index contributed by atoms with van der Waals surface area (Å²) in [6, 6.07) is 5.34. The molecule has 0 aromatic carbocycles. The van der Waals surface area contributed by atoms with Crippen LogP contribution in [0.4, 0.5) is 13.2 Å². The molecular formula is C13H8BrF3N2O2. The first-order chi connectivity index (χ1) is 9.77. The number of rotatable bonds is 3. The van der Waals surface area contributed by atoms with Gasteiger partial charge in [0.2, 0.25) is 5.88 Å². The van der Waals surface area contributed by atoms with Crippen molar-refractivity contribution in [3.8, 4) is 11.6 Å². The van der Waals surface area contributed by atoms with Gasteiger partial charge >= 0.3 is 6.18 Å². The molecule has 0 unspecified atom stereocenters. The lowest BCUT2D eigenvalue weighted by Crippen LogP contribution is -2.14. The Bertz CT molecular complexity index is 672. The van der Waals surface area contributed by atoms with Gasteiger partial charge in [-0.1, -0.05) is 0 Å². The van der Waals surface area contributed by atoms with Gasteiger partial charge in [0.25, 0.3) is 0 Å². The summed E-state index contributed by atoms with van der Waals surface area (Å²) in [7, 11) is 0. The minimum atomic E-state index is -4.74. The molecule has 110 valence electrons. The quantitative estimate of drug-likeness (QED) is 0.606. The van der Waals surface area contributed by atoms with E-state index in [-0.39, 0.29) is 11.6 Å². The highest BCUT2D eigenvalue weighted by atomic mass is 79.9. The van der Waals surface area contributed by atoms with Crippen LogP contribution in [0, 0.1) is 0 Å². The third-order valence-electron chi connectivity index (χ3n) is 2.44. The highest BCUT2D eigenvalue weighted by Gasteiger charge is 2.37. The maximum absolute atomic E-state index is 12.9. The van der Waals surface area contributed by atoms with Crippen molar-refractivity contribution in [3.05, 3.63) is 46.3 Å². The standard InChI is InChI=1S/C13H8BrF3N2O2/c1-7(20)9-3-5-11(19-12(9)13(15,16)17)21-8-2-4-10(14)18-6-8/h2-6H,1H3. The van der Waals surface area contributed by atoms with Crippen molar-refractivity contribution in [2.45, 2.75) is 13.1 Å². The second-order valence-corrected chi connectivity index (χ2v) is 4.83. The molecule has 0 N–H and O–H groups in total. The van der Waals surface area contributed by atoms with Crippen LogP contribution >= 0.6 is 15.9 Å². The summed E-state index contributed by atoms with van der Waals surface area (Å²) in [5.41, 5.74) is -1.76. The van der Waals surface area contributed by atoms with E-state index in [1.54, 1.807) is 6.07 Å². The molecule has 2 rings (SSSR count). The Labute approximate surface area is 126 Å². The molecular weight excluding hydrogens is 353 g/mol. The first-order valence-corrected chi connectivity index (χ1v) is 6.45. The van der Waals surface area contributed by atoms with Gasteiger partial charge < -0.3 is 4.74 Å². The normalized spacial score (nSPS) is 11.3. The molecule has 0 aliphatic heterocycles. The summed E-state index contributed by atoms with van der Waals surface area (Å²) in [5, 5.41) is 0. The number of halogens is 4. The predicted octanol–water partition coefficient (Wildman–Crippen LogP) is 4.25. The molecule has 0 spiro atoms. The molecule has 2 aromatic heterocycles. The topological polar surface area (TPSA) is 52.1 Å². The highest BCUT2D eigenvalue weighted by Crippen LogP contribution is 2.33. The zero-order valence-corrected chi connectivity index (χ0v) is 12.2. The number of nitrogens with zero attached hydrogens (tertiary/aromatic N) is 2. The fourth-order valence-corrected chi connectivity index (χ4v) is 1.78. The molecule has 0 atom stereocenters. The summed E-state index contributed by atoms with van der Waals surface area (Å²) in [4.78, 5) is 18.5. The molecule has 21 heavy (non-hydrogen) atoms. The van der Waals surface area contributed by atoms with Crippen LogP contribution in [-0.4, -0.2) is 15.8 Å². The molecule has 8 heteroatoms. The number of ether oxygens (including phenoxy) is 1. The minimum Gasteiger partial charge on any atom is -0.437 e. The van der Waals surface area contributed by atoms with Crippen LogP contribution in [0.3, 0.4) is 0 Å². The van der Waals surface area contributed by atoms with Crippen molar-refractivity contribution < 1.29 is 22.7 Å². The second-order valence-electron chi connectivity index (χ2n) is 4.02. The number of pyridine rings is 2. The number of carbonyl (C=O) groups is 1. The molecule has 0 bridgehead atoms. The average Bonchev–Trinajstić information content (AvgIpc) is 2.40. The highest BCUT2D eigenvalue weighted by molar-refractivity contribution is 9.10. The van der Waals surface area contributed by atoms with Gasteiger partial charge in [0.05, 0.1) is 6.20 Å². The third kappa shape index (κ3) is 3.78. The Morgan fingerprint density at radius 1 is 1.24 bits per heavy atom. The van der Waals surface area contributed by atoms with Crippen molar-refractivity contribution in [1.82, 2.24) is 9.97 Å². The van der Waals surface area contributed by atoms with E-state index in [2.05, 4.69) is 25.9 Å². The largest absolute Gasteiger partial charge is 0.437 e. The summed E-state index contributed by atoms with van der Waals surface area (Å²) in [6.45, 7) is 1.05. The van der Waals surface area contributed by atoms with Crippen molar-refractivity contribution >= 4 is 21.7 Å². The van der Waals surface area contributed by atoms with Gasteiger partial charge in [-0.15, -0.1) is 0 Å². The Morgan fingerprint density at radius 2 is 1.95 bits per heavy atom. The zero-order valence-electron chi connectivity index (χ0n) is 10.6. The van der Waals surface area contributed by atoms with Crippen LogP contribution in [0.5, 0.6) is 11.6 Å². The van der Waals surface area contributed by atoms with E-state index in [0.717, 1.165) is 13.0 Å². The third-order valence-corrected chi connectivity index (χ3v) is 2.91. The van der Waals surface area contributed by atoms with E-state index >= 15 is 0 Å². The molecule has 0 amide bonds. The van der Waals surface area contributed by atoms with E-state index in [9.17, 15) is 18.0 Å². The molecule has 0 saturated carbocycles. The monoisotopic (exact) mass is 360 g/mol. The van der Waals surface area contributed by atoms with Gasteiger partial charge in [0.1, 0.15) is 10.4 Å². The number of hydrogen-bond donors (Lipinski definition) is 0. The minimum absolute atomic E-state index is 0.231. The van der Waals surface area contributed by atoms with Crippen molar-refractivity contribution in [2.24, 2.45) is 0 Å². The first-order valence-electron chi connectivity index (χ1n) is 5.66. The van der Waals surface area contributed by atoms with Gasteiger partial charge in [-0.3, -0.25) is 4.79 Å². The fourth-order valence-electron chi connectivity index (χ4n) is 1.54. The fraction of sp³-hybridized carbons (Fsp3) is 0.154. The van der Waals surface area contributed by atoms with Crippen LogP contribution in [0.25, 0.3) is 0 Å². The molecule has 4 nitrogen and oxygen atoms in total. The molecule has 0 radical (unpaired) electrons. The molecule has 0 saturated heterocycles. The summed E-state index contributed by atoms with van der Waals surface area (Å²) < 4.78 is 44.4. The molecule has 2 aromatic rings. The van der Waals surface area contributed by atoms with Gasteiger partial charge in [0, 0.05) is 11.6 Å². The first kappa shape index (κ1) is 15.4. The van der Waals surface area contributed by atoms with E-state index in [1.807, 2.05) is 0 Å². The number of ketones is 1.